The molecule has 0 unspecified atom stereocenters. The Morgan fingerprint density at radius 2 is 1.76 bits per heavy atom. The largest absolute Gasteiger partial charge is 0.493 e. The lowest BCUT2D eigenvalue weighted by Crippen LogP contribution is -2.11. The van der Waals surface area contributed by atoms with Gasteiger partial charge in [0.25, 0.3) is 0 Å². The lowest BCUT2D eigenvalue weighted by Gasteiger charge is -2.12. The van der Waals surface area contributed by atoms with E-state index in [1.807, 2.05) is 6.07 Å². The number of Topliss-reactive ketones (excluding diaryl/α,β-unsaturated/α-hetero) is 1. The highest BCUT2D eigenvalue weighted by atomic mass is 16.6. The van der Waals surface area contributed by atoms with Crippen molar-refractivity contribution >= 4 is 11.8 Å². The summed E-state index contributed by atoms with van der Waals surface area (Å²) in [5, 5.41) is 8.97. The van der Waals surface area contributed by atoms with Crippen molar-refractivity contribution in [2.45, 2.75) is 26.7 Å². The third-order valence-electron chi connectivity index (χ3n) is 3.95. The van der Waals surface area contributed by atoms with Crippen LogP contribution in [0.1, 0.15) is 42.6 Å². The summed E-state index contributed by atoms with van der Waals surface area (Å²) in [6.45, 7) is 3.94. The molecule has 7 heteroatoms. The van der Waals surface area contributed by atoms with Gasteiger partial charge >= 0.3 is 5.97 Å². The van der Waals surface area contributed by atoms with Gasteiger partial charge in [-0.1, -0.05) is 0 Å². The number of methoxy groups -OCH3 is 1. The van der Waals surface area contributed by atoms with Crippen LogP contribution in [0.25, 0.3) is 0 Å². The highest BCUT2D eigenvalue weighted by Crippen LogP contribution is 2.30. The van der Waals surface area contributed by atoms with Gasteiger partial charge in [-0.2, -0.15) is 5.26 Å². The van der Waals surface area contributed by atoms with E-state index in [2.05, 4.69) is 0 Å². The Hall–Kier alpha value is -3.53. The quantitative estimate of drug-likeness (QED) is 0.259. The lowest BCUT2D eigenvalue weighted by molar-refractivity contribution is -0.134. The first-order valence-electron chi connectivity index (χ1n) is 9.17. The molecule has 0 heterocycles. The van der Waals surface area contributed by atoms with Crippen molar-refractivity contribution in [2.24, 2.45) is 0 Å². The first kappa shape index (κ1) is 21.8. The van der Waals surface area contributed by atoms with E-state index in [-0.39, 0.29) is 24.6 Å². The average Bonchev–Trinajstić information content (AvgIpc) is 2.72. The maximum Gasteiger partial charge on any atom is 0.311 e. The summed E-state index contributed by atoms with van der Waals surface area (Å²) in [6.07, 6.45) is 0.566. The third kappa shape index (κ3) is 6.25. The van der Waals surface area contributed by atoms with E-state index in [1.165, 1.54) is 20.1 Å². The molecule has 0 aliphatic rings. The van der Waals surface area contributed by atoms with Crippen molar-refractivity contribution in [3.05, 3.63) is 47.5 Å². The van der Waals surface area contributed by atoms with Crippen LogP contribution >= 0.6 is 0 Å². The van der Waals surface area contributed by atoms with Gasteiger partial charge in [-0.3, -0.25) is 9.59 Å². The van der Waals surface area contributed by atoms with Crippen LogP contribution in [0.4, 0.5) is 0 Å². The zero-order valence-electron chi connectivity index (χ0n) is 16.7. The molecule has 2 aromatic rings. The van der Waals surface area contributed by atoms with Crippen LogP contribution in [0.15, 0.2) is 36.4 Å². The van der Waals surface area contributed by atoms with Gasteiger partial charge in [0.2, 0.25) is 0 Å². The van der Waals surface area contributed by atoms with Gasteiger partial charge < -0.3 is 18.9 Å². The molecule has 0 N–H and O–H groups in total. The molecular weight excluding hydrogens is 374 g/mol. The van der Waals surface area contributed by atoms with Gasteiger partial charge in [-0.05, 0) is 50.6 Å². The number of esters is 1. The summed E-state index contributed by atoms with van der Waals surface area (Å²) in [6, 6.07) is 11.6. The number of carbonyl (C=O) groups is 2. The summed E-state index contributed by atoms with van der Waals surface area (Å²) >= 11 is 0. The SMILES string of the molecule is CCOc1cc(C#N)ccc1OC(=O)CCCOc1ccc(C(C)=O)cc1OC. The van der Waals surface area contributed by atoms with Crippen molar-refractivity contribution in [2.75, 3.05) is 20.3 Å². The fourth-order valence-corrected chi connectivity index (χ4v) is 2.51. The summed E-state index contributed by atoms with van der Waals surface area (Å²) in [5.41, 5.74) is 0.955. The van der Waals surface area contributed by atoms with Crippen LogP contribution in [0, 0.1) is 11.3 Å². The molecule has 0 atom stereocenters. The van der Waals surface area contributed by atoms with Crippen LogP contribution in [0.5, 0.6) is 23.0 Å². The molecule has 0 radical (unpaired) electrons. The Morgan fingerprint density at radius 3 is 2.41 bits per heavy atom. The van der Waals surface area contributed by atoms with Crippen LogP contribution in [-0.2, 0) is 4.79 Å². The molecule has 2 rings (SSSR count). The topological polar surface area (TPSA) is 94.9 Å². The van der Waals surface area contributed by atoms with Gasteiger partial charge in [-0.25, -0.2) is 0 Å². The van der Waals surface area contributed by atoms with Crippen LogP contribution < -0.4 is 18.9 Å². The molecule has 29 heavy (non-hydrogen) atoms. The number of hydrogen-bond acceptors (Lipinski definition) is 7. The molecule has 0 aliphatic heterocycles. The number of rotatable bonds is 10. The van der Waals surface area contributed by atoms with E-state index in [0.717, 1.165) is 0 Å². The van der Waals surface area contributed by atoms with E-state index in [9.17, 15) is 9.59 Å². The van der Waals surface area contributed by atoms with E-state index >= 15 is 0 Å². The van der Waals surface area contributed by atoms with Crippen LogP contribution in [0.2, 0.25) is 0 Å². The monoisotopic (exact) mass is 397 g/mol. The summed E-state index contributed by atoms with van der Waals surface area (Å²) in [7, 11) is 1.50. The number of hydrogen-bond donors (Lipinski definition) is 0. The molecule has 0 aliphatic carbocycles. The van der Waals surface area contributed by atoms with Gasteiger partial charge in [0.05, 0.1) is 32.0 Å². The Balaban J connectivity index is 1.88. The molecule has 0 amide bonds. The second-order valence-electron chi connectivity index (χ2n) is 6.05. The minimum absolute atomic E-state index is 0.0631. The maximum atomic E-state index is 12.1. The van der Waals surface area contributed by atoms with Gasteiger partial charge in [0.15, 0.2) is 28.8 Å². The molecule has 0 spiro atoms. The Kier molecular flexibility index (Phi) is 8.04. The van der Waals surface area contributed by atoms with E-state index in [4.69, 9.17) is 24.2 Å². The second kappa shape index (κ2) is 10.7. The number of carbonyl (C=O) groups excluding carboxylic acids is 2. The third-order valence-corrected chi connectivity index (χ3v) is 3.95. The fourth-order valence-electron chi connectivity index (χ4n) is 2.51. The first-order chi connectivity index (χ1) is 14.0. The predicted octanol–water partition coefficient (Wildman–Crippen LogP) is 3.93. The number of nitrogens with zero attached hydrogens (tertiary/aromatic N) is 1. The predicted molar refractivity (Wildman–Crippen MR) is 106 cm³/mol. The van der Waals surface area contributed by atoms with E-state index < -0.39 is 5.97 Å². The average molecular weight is 397 g/mol. The lowest BCUT2D eigenvalue weighted by atomic mass is 10.1. The molecule has 0 aromatic heterocycles. The zero-order chi connectivity index (χ0) is 21.2. The normalized spacial score (nSPS) is 10.0. The standard InChI is InChI=1S/C22H23NO6/c1-4-27-21-12-16(14-23)7-9-19(21)29-22(25)6-5-11-28-18-10-8-17(15(2)24)13-20(18)26-3/h7-10,12-13H,4-6,11H2,1-3H3. The van der Waals surface area contributed by atoms with Crippen molar-refractivity contribution in [3.63, 3.8) is 0 Å². The summed E-state index contributed by atoms with van der Waals surface area (Å²) < 4.78 is 21.7. The summed E-state index contributed by atoms with van der Waals surface area (Å²) in [4.78, 5) is 23.6. The Labute approximate surface area is 169 Å². The molecule has 0 saturated carbocycles. The van der Waals surface area contributed by atoms with E-state index in [0.29, 0.717) is 41.4 Å². The second-order valence-corrected chi connectivity index (χ2v) is 6.05. The molecule has 7 nitrogen and oxygen atoms in total. The molecule has 2 aromatic carbocycles. The number of ketones is 1. The first-order valence-corrected chi connectivity index (χ1v) is 9.17. The van der Waals surface area contributed by atoms with Gasteiger partial charge in [0, 0.05) is 18.1 Å². The Morgan fingerprint density at radius 1 is 1.00 bits per heavy atom. The highest BCUT2D eigenvalue weighted by Gasteiger charge is 2.12. The van der Waals surface area contributed by atoms with Crippen LogP contribution in [0.3, 0.4) is 0 Å². The molecule has 0 fully saturated rings. The van der Waals surface area contributed by atoms with Crippen molar-refractivity contribution in [1.29, 1.82) is 5.26 Å². The zero-order valence-corrected chi connectivity index (χ0v) is 16.7. The van der Waals surface area contributed by atoms with E-state index in [1.54, 1.807) is 37.3 Å². The molecular formula is C22H23NO6. The van der Waals surface area contributed by atoms with Crippen molar-refractivity contribution < 1.29 is 28.5 Å². The number of benzene rings is 2. The Bertz CT molecular complexity index is 916. The number of nitriles is 1. The highest BCUT2D eigenvalue weighted by molar-refractivity contribution is 5.94. The number of ether oxygens (including phenoxy) is 4. The summed E-state index contributed by atoms with van der Waals surface area (Å²) in [5.74, 6) is 1.09. The fraction of sp³-hybridized carbons (Fsp3) is 0.318. The minimum atomic E-state index is -0.432. The van der Waals surface area contributed by atoms with Gasteiger partial charge in [-0.15, -0.1) is 0 Å². The molecule has 0 bridgehead atoms. The van der Waals surface area contributed by atoms with Crippen molar-refractivity contribution in [1.82, 2.24) is 0 Å². The maximum absolute atomic E-state index is 12.1. The smallest absolute Gasteiger partial charge is 0.311 e. The van der Waals surface area contributed by atoms with Crippen molar-refractivity contribution in [3.8, 4) is 29.1 Å². The minimum Gasteiger partial charge on any atom is -0.493 e. The van der Waals surface area contributed by atoms with Crippen LogP contribution in [-0.4, -0.2) is 32.1 Å². The molecule has 152 valence electrons. The molecule has 0 saturated heterocycles. The van der Waals surface area contributed by atoms with Gasteiger partial charge in [0.1, 0.15) is 0 Å².